The number of aromatic carboxylic acids is 1. The summed E-state index contributed by atoms with van der Waals surface area (Å²) in [6.45, 7) is 8.66. The van der Waals surface area contributed by atoms with Gasteiger partial charge < -0.3 is 15.2 Å². The topological polar surface area (TPSA) is 84.3 Å². The molecule has 0 fully saturated rings. The molecule has 0 amide bonds. The van der Waals surface area contributed by atoms with Gasteiger partial charge in [-0.3, -0.25) is 0 Å². The zero-order chi connectivity index (χ0) is 25.8. The van der Waals surface area contributed by atoms with Crippen LogP contribution in [0.25, 0.3) is 21.7 Å². The standard InChI is InChI=1S/C27H28FN3O3S2/c1-15(2)10-23-24(17-7-8-20(28)21(12-17)34-14-16(3)4)30-27(36-23)31-25-19(26(32)33)11-18(13-29-25)22-6-5-9-35-22/h5-9,11-13,15-16H,10,14H2,1-4H3,(H,32,33)(H,29,30,31). The Morgan fingerprint density at radius 3 is 2.61 bits per heavy atom. The number of nitrogens with zero attached hydrogens (tertiary/aromatic N) is 2. The number of rotatable bonds is 10. The molecule has 0 aliphatic carbocycles. The minimum atomic E-state index is -1.08. The lowest BCUT2D eigenvalue weighted by Crippen LogP contribution is -2.06. The smallest absolute Gasteiger partial charge is 0.339 e. The van der Waals surface area contributed by atoms with Crippen molar-refractivity contribution in [3.63, 3.8) is 0 Å². The van der Waals surface area contributed by atoms with Crippen molar-refractivity contribution in [3.05, 3.63) is 64.2 Å². The van der Waals surface area contributed by atoms with Crippen molar-refractivity contribution in [3.8, 4) is 27.4 Å². The fourth-order valence-corrected chi connectivity index (χ4v) is 5.47. The highest BCUT2D eigenvalue weighted by molar-refractivity contribution is 7.16. The summed E-state index contributed by atoms with van der Waals surface area (Å²) >= 11 is 2.96. The van der Waals surface area contributed by atoms with Crippen LogP contribution in [0.1, 0.15) is 42.9 Å². The Labute approximate surface area is 217 Å². The maximum atomic E-state index is 14.4. The molecular formula is C27H28FN3O3S2. The second-order valence-corrected chi connectivity index (χ2v) is 11.3. The summed E-state index contributed by atoms with van der Waals surface area (Å²) in [5.41, 5.74) is 2.27. The summed E-state index contributed by atoms with van der Waals surface area (Å²) < 4.78 is 20.1. The average molecular weight is 526 g/mol. The summed E-state index contributed by atoms with van der Waals surface area (Å²) in [5.74, 6) is -0.446. The fourth-order valence-electron chi connectivity index (χ4n) is 3.56. The Bertz CT molecular complexity index is 1350. The largest absolute Gasteiger partial charge is 0.490 e. The molecule has 0 aliphatic rings. The van der Waals surface area contributed by atoms with Gasteiger partial charge in [-0.15, -0.1) is 22.7 Å². The van der Waals surface area contributed by atoms with Gasteiger partial charge in [0.15, 0.2) is 16.7 Å². The van der Waals surface area contributed by atoms with Gasteiger partial charge in [0.2, 0.25) is 0 Å². The monoisotopic (exact) mass is 525 g/mol. The van der Waals surface area contributed by atoms with E-state index in [2.05, 4.69) is 24.1 Å². The van der Waals surface area contributed by atoms with E-state index < -0.39 is 11.8 Å². The second kappa shape index (κ2) is 11.2. The van der Waals surface area contributed by atoms with Crippen LogP contribution in [0.4, 0.5) is 15.3 Å². The molecule has 6 nitrogen and oxygen atoms in total. The van der Waals surface area contributed by atoms with Crippen molar-refractivity contribution in [2.24, 2.45) is 11.8 Å². The van der Waals surface area contributed by atoms with Crippen LogP contribution in [0.5, 0.6) is 5.75 Å². The number of nitrogens with one attached hydrogen (secondary N) is 1. The third kappa shape index (κ3) is 6.09. The van der Waals surface area contributed by atoms with Gasteiger partial charge in [0.1, 0.15) is 11.4 Å². The molecule has 3 heterocycles. The number of hydrogen-bond donors (Lipinski definition) is 2. The predicted octanol–water partition coefficient (Wildman–Crippen LogP) is 7.75. The summed E-state index contributed by atoms with van der Waals surface area (Å²) in [7, 11) is 0. The van der Waals surface area contributed by atoms with Crippen LogP contribution < -0.4 is 10.1 Å². The van der Waals surface area contributed by atoms with Crippen molar-refractivity contribution in [1.82, 2.24) is 9.97 Å². The van der Waals surface area contributed by atoms with E-state index in [0.29, 0.717) is 17.7 Å². The number of hydrogen-bond acceptors (Lipinski definition) is 7. The number of benzene rings is 1. The van der Waals surface area contributed by atoms with E-state index in [0.717, 1.165) is 33.0 Å². The normalized spacial score (nSPS) is 11.3. The molecule has 0 unspecified atom stereocenters. The molecule has 0 saturated heterocycles. The van der Waals surface area contributed by atoms with Gasteiger partial charge in [0, 0.05) is 27.1 Å². The Morgan fingerprint density at radius 2 is 1.94 bits per heavy atom. The number of halogens is 1. The maximum absolute atomic E-state index is 14.4. The minimum Gasteiger partial charge on any atom is -0.490 e. The van der Waals surface area contributed by atoms with E-state index in [1.807, 2.05) is 31.4 Å². The van der Waals surface area contributed by atoms with Crippen molar-refractivity contribution >= 4 is 39.6 Å². The van der Waals surface area contributed by atoms with Crippen molar-refractivity contribution in [1.29, 1.82) is 0 Å². The molecular weight excluding hydrogens is 497 g/mol. The number of thiophene rings is 1. The van der Waals surface area contributed by atoms with E-state index >= 15 is 0 Å². The molecule has 0 aliphatic heterocycles. The molecule has 9 heteroatoms. The molecule has 0 radical (unpaired) electrons. The average Bonchev–Trinajstić information content (AvgIpc) is 3.49. The lowest BCUT2D eigenvalue weighted by Gasteiger charge is -2.11. The summed E-state index contributed by atoms with van der Waals surface area (Å²) in [5, 5.41) is 15.4. The number of pyridine rings is 1. The molecule has 4 aromatic rings. The number of thiazole rings is 1. The molecule has 3 aromatic heterocycles. The number of carbonyl (C=O) groups is 1. The molecule has 0 spiro atoms. The van der Waals surface area contributed by atoms with E-state index in [4.69, 9.17) is 9.72 Å². The highest BCUT2D eigenvalue weighted by Crippen LogP contribution is 2.37. The Kier molecular flexibility index (Phi) is 8.01. The van der Waals surface area contributed by atoms with Crippen LogP contribution in [0.2, 0.25) is 0 Å². The van der Waals surface area contributed by atoms with E-state index in [1.54, 1.807) is 24.4 Å². The van der Waals surface area contributed by atoms with Crippen LogP contribution >= 0.6 is 22.7 Å². The van der Waals surface area contributed by atoms with Crippen LogP contribution in [0, 0.1) is 17.7 Å². The summed E-state index contributed by atoms with van der Waals surface area (Å²) in [6, 6.07) is 10.2. The van der Waals surface area contributed by atoms with Crippen LogP contribution in [-0.4, -0.2) is 27.7 Å². The first-order valence-corrected chi connectivity index (χ1v) is 13.4. The number of anilines is 2. The van der Waals surface area contributed by atoms with Gasteiger partial charge in [-0.05, 0) is 54.0 Å². The van der Waals surface area contributed by atoms with E-state index in [-0.39, 0.29) is 23.0 Å². The highest BCUT2D eigenvalue weighted by Gasteiger charge is 2.20. The Morgan fingerprint density at radius 1 is 1.14 bits per heavy atom. The van der Waals surface area contributed by atoms with Gasteiger partial charge in [0.05, 0.1) is 12.3 Å². The quantitative estimate of drug-likeness (QED) is 0.220. The zero-order valence-electron chi connectivity index (χ0n) is 20.5. The first kappa shape index (κ1) is 25.8. The molecule has 36 heavy (non-hydrogen) atoms. The minimum absolute atomic E-state index is 0.0641. The number of carboxylic acids is 1. The van der Waals surface area contributed by atoms with Crippen molar-refractivity contribution < 1.29 is 19.0 Å². The Balaban J connectivity index is 1.69. The number of carboxylic acid groups (broad SMARTS) is 1. The summed E-state index contributed by atoms with van der Waals surface area (Å²) in [4.78, 5) is 23.1. The van der Waals surface area contributed by atoms with Gasteiger partial charge in [-0.2, -0.15) is 0 Å². The molecule has 4 rings (SSSR count). The third-order valence-electron chi connectivity index (χ3n) is 5.22. The van der Waals surface area contributed by atoms with Crippen LogP contribution in [-0.2, 0) is 6.42 Å². The molecule has 0 saturated carbocycles. The first-order valence-electron chi connectivity index (χ1n) is 11.7. The van der Waals surface area contributed by atoms with Gasteiger partial charge in [0.25, 0.3) is 0 Å². The molecule has 0 bridgehead atoms. The molecule has 188 valence electrons. The SMILES string of the molecule is CC(C)COc1cc(-c2nc(Nc3ncc(-c4cccs4)cc3C(=O)O)sc2CC(C)C)ccc1F. The first-order chi connectivity index (χ1) is 17.2. The molecule has 0 atom stereocenters. The lowest BCUT2D eigenvalue weighted by atomic mass is 10.0. The molecule has 2 N–H and O–H groups in total. The van der Waals surface area contributed by atoms with E-state index in [9.17, 15) is 14.3 Å². The van der Waals surface area contributed by atoms with Crippen LogP contribution in [0.3, 0.4) is 0 Å². The maximum Gasteiger partial charge on any atom is 0.339 e. The van der Waals surface area contributed by atoms with Crippen LogP contribution in [0.15, 0.2) is 48.0 Å². The predicted molar refractivity (Wildman–Crippen MR) is 144 cm³/mol. The number of ether oxygens (including phenoxy) is 1. The van der Waals surface area contributed by atoms with Gasteiger partial charge >= 0.3 is 5.97 Å². The second-order valence-electron chi connectivity index (χ2n) is 9.27. The van der Waals surface area contributed by atoms with Crippen molar-refractivity contribution in [2.75, 3.05) is 11.9 Å². The van der Waals surface area contributed by atoms with Gasteiger partial charge in [-0.25, -0.2) is 19.2 Å². The third-order valence-corrected chi connectivity index (χ3v) is 7.13. The molecule has 1 aromatic carbocycles. The van der Waals surface area contributed by atoms with Crippen molar-refractivity contribution in [2.45, 2.75) is 34.1 Å². The fraction of sp³-hybridized carbons (Fsp3) is 0.296. The van der Waals surface area contributed by atoms with Gasteiger partial charge in [-0.1, -0.05) is 33.8 Å². The van der Waals surface area contributed by atoms with E-state index in [1.165, 1.54) is 28.7 Å². The zero-order valence-corrected chi connectivity index (χ0v) is 22.2. The Hall–Kier alpha value is -3.30. The lowest BCUT2D eigenvalue weighted by molar-refractivity contribution is 0.0697. The highest BCUT2D eigenvalue weighted by atomic mass is 32.1. The number of aromatic nitrogens is 2. The summed E-state index contributed by atoms with van der Waals surface area (Å²) in [6.07, 6.45) is 2.42.